The second kappa shape index (κ2) is 5.72. The molecule has 4 nitrogen and oxygen atoms in total. The number of nitrogens with zero attached hydrogens (tertiary/aromatic N) is 3. The second-order valence-electron chi connectivity index (χ2n) is 3.65. The smallest absolute Gasteiger partial charge is 0.181 e. The summed E-state index contributed by atoms with van der Waals surface area (Å²) in [7, 11) is 0. The summed E-state index contributed by atoms with van der Waals surface area (Å²) in [6.07, 6.45) is 1.78. The van der Waals surface area contributed by atoms with E-state index in [4.69, 9.17) is 5.73 Å². The van der Waals surface area contributed by atoms with Crippen molar-refractivity contribution in [2.75, 3.05) is 17.2 Å². The number of thioether (sulfide) groups is 1. The molecule has 17 heavy (non-hydrogen) atoms. The van der Waals surface area contributed by atoms with Crippen molar-refractivity contribution in [1.29, 1.82) is 0 Å². The minimum absolute atomic E-state index is 0.756. The van der Waals surface area contributed by atoms with Crippen molar-refractivity contribution in [3.63, 3.8) is 0 Å². The van der Waals surface area contributed by atoms with E-state index in [2.05, 4.69) is 17.0 Å². The van der Waals surface area contributed by atoms with E-state index in [0.29, 0.717) is 0 Å². The molecule has 0 fully saturated rings. The van der Waals surface area contributed by atoms with Crippen molar-refractivity contribution in [2.24, 2.45) is 0 Å². The Labute approximate surface area is 105 Å². The van der Waals surface area contributed by atoms with Crippen LogP contribution in [0, 0.1) is 0 Å². The Balaban J connectivity index is 2.04. The van der Waals surface area contributed by atoms with Gasteiger partial charge >= 0.3 is 0 Å². The average molecular weight is 248 g/mol. The van der Waals surface area contributed by atoms with Crippen molar-refractivity contribution in [1.82, 2.24) is 14.8 Å². The fraction of sp³-hybridized carbons (Fsp3) is 0.333. The fourth-order valence-corrected chi connectivity index (χ4v) is 2.07. The minimum Gasteiger partial charge on any atom is -0.399 e. The zero-order valence-electron chi connectivity index (χ0n) is 9.84. The minimum atomic E-state index is 0.756. The molecule has 2 N–H and O–H groups in total. The number of hydrogen-bond donors (Lipinski definition) is 1. The zero-order chi connectivity index (χ0) is 12.1. The molecule has 5 heteroatoms. The van der Waals surface area contributed by atoms with Gasteiger partial charge in [-0.2, -0.15) is 16.9 Å². The van der Waals surface area contributed by atoms with E-state index in [-0.39, 0.29) is 0 Å². The van der Waals surface area contributed by atoms with Gasteiger partial charge in [0.2, 0.25) is 0 Å². The van der Waals surface area contributed by atoms with Crippen molar-refractivity contribution >= 4 is 17.4 Å². The summed E-state index contributed by atoms with van der Waals surface area (Å²) in [5.41, 5.74) is 7.40. The number of nitrogens with two attached hydrogens (primary N) is 1. The van der Waals surface area contributed by atoms with Crippen molar-refractivity contribution in [3.05, 3.63) is 30.6 Å². The molecule has 1 heterocycles. The average Bonchev–Trinajstić information content (AvgIpc) is 2.79. The topological polar surface area (TPSA) is 56.7 Å². The summed E-state index contributed by atoms with van der Waals surface area (Å²) in [6.45, 7) is 3.06. The first-order valence-electron chi connectivity index (χ1n) is 5.62. The van der Waals surface area contributed by atoms with Crippen LogP contribution in [0.2, 0.25) is 0 Å². The highest BCUT2D eigenvalue weighted by atomic mass is 32.2. The first kappa shape index (κ1) is 12.0. The maximum absolute atomic E-state index is 5.64. The first-order chi connectivity index (χ1) is 8.29. The van der Waals surface area contributed by atoms with E-state index in [1.807, 2.05) is 40.7 Å². The molecular formula is C12H16N4S. The highest BCUT2D eigenvalue weighted by Crippen LogP contribution is 2.15. The normalized spacial score (nSPS) is 10.6. The second-order valence-corrected chi connectivity index (χ2v) is 5.04. The van der Waals surface area contributed by atoms with E-state index in [0.717, 1.165) is 35.1 Å². The molecule has 90 valence electrons. The van der Waals surface area contributed by atoms with Crippen LogP contribution < -0.4 is 5.73 Å². The maximum Gasteiger partial charge on any atom is 0.181 e. The third-order valence-corrected chi connectivity index (χ3v) is 3.25. The summed E-state index contributed by atoms with van der Waals surface area (Å²) >= 11 is 1.90. The predicted octanol–water partition coefficient (Wildman–Crippen LogP) is 2.28. The molecule has 0 aliphatic heterocycles. The molecule has 2 rings (SSSR count). The monoisotopic (exact) mass is 248 g/mol. The van der Waals surface area contributed by atoms with Crippen LogP contribution in [0.1, 0.15) is 6.92 Å². The van der Waals surface area contributed by atoms with E-state index in [9.17, 15) is 0 Å². The summed E-state index contributed by atoms with van der Waals surface area (Å²) < 4.78 is 1.88. The standard InChI is InChI=1S/C12H16N4S/c1-2-17-8-7-16-9-14-12(15-16)10-3-5-11(13)6-4-10/h3-6,9H,2,7-8,13H2,1H3. The Morgan fingerprint density at radius 2 is 2.06 bits per heavy atom. The van der Waals surface area contributed by atoms with Crippen LogP contribution in [0.15, 0.2) is 30.6 Å². The van der Waals surface area contributed by atoms with Gasteiger partial charge in [0.1, 0.15) is 6.33 Å². The molecule has 0 saturated carbocycles. The summed E-state index contributed by atoms with van der Waals surface area (Å²) in [6, 6.07) is 7.61. The largest absolute Gasteiger partial charge is 0.399 e. The lowest BCUT2D eigenvalue weighted by Crippen LogP contribution is -2.01. The van der Waals surface area contributed by atoms with Crippen molar-refractivity contribution in [2.45, 2.75) is 13.5 Å². The molecule has 0 amide bonds. The van der Waals surface area contributed by atoms with E-state index < -0.39 is 0 Å². The predicted molar refractivity (Wildman–Crippen MR) is 72.9 cm³/mol. The van der Waals surface area contributed by atoms with Gasteiger partial charge in [-0.3, -0.25) is 4.68 Å². The molecule has 0 saturated heterocycles. The van der Waals surface area contributed by atoms with Gasteiger partial charge in [-0.05, 0) is 30.0 Å². The van der Waals surface area contributed by atoms with Gasteiger partial charge in [-0.15, -0.1) is 0 Å². The van der Waals surface area contributed by atoms with Crippen LogP contribution in [0.4, 0.5) is 5.69 Å². The molecule has 0 radical (unpaired) electrons. The molecule has 0 spiro atoms. The lowest BCUT2D eigenvalue weighted by Gasteiger charge is -1.99. The summed E-state index contributed by atoms with van der Waals surface area (Å²) in [4.78, 5) is 4.30. The Morgan fingerprint density at radius 1 is 1.29 bits per heavy atom. The van der Waals surface area contributed by atoms with Gasteiger partial charge in [0.25, 0.3) is 0 Å². The van der Waals surface area contributed by atoms with Gasteiger partial charge in [0.15, 0.2) is 5.82 Å². The fourth-order valence-electron chi connectivity index (χ4n) is 1.47. The summed E-state index contributed by atoms with van der Waals surface area (Å²) in [5, 5.41) is 4.43. The van der Waals surface area contributed by atoms with Gasteiger partial charge in [0.05, 0.1) is 6.54 Å². The highest BCUT2D eigenvalue weighted by molar-refractivity contribution is 7.99. The van der Waals surface area contributed by atoms with Crippen molar-refractivity contribution < 1.29 is 0 Å². The van der Waals surface area contributed by atoms with E-state index >= 15 is 0 Å². The zero-order valence-corrected chi connectivity index (χ0v) is 10.7. The highest BCUT2D eigenvalue weighted by Gasteiger charge is 2.03. The number of nitrogen functional groups attached to an aromatic ring is 1. The lowest BCUT2D eigenvalue weighted by atomic mass is 10.2. The van der Waals surface area contributed by atoms with Crippen LogP contribution >= 0.6 is 11.8 Å². The van der Waals surface area contributed by atoms with E-state index in [1.54, 1.807) is 6.33 Å². The number of aryl methyl sites for hydroxylation is 1. The lowest BCUT2D eigenvalue weighted by molar-refractivity contribution is 0.666. The molecule has 0 aliphatic rings. The van der Waals surface area contributed by atoms with Crippen LogP contribution in [-0.2, 0) is 6.54 Å². The van der Waals surface area contributed by atoms with Gasteiger partial charge in [-0.1, -0.05) is 6.92 Å². The quantitative estimate of drug-likeness (QED) is 0.651. The number of anilines is 1. The third-order valence-electron chi connectivity index (χ3n) is 2.37. The SMILES string of the molecule is CCSCCn1cnc(-c2ccc(N)cc2)n1. The molecular weight excluding hydrogens is 232 g/mol. The van der Waals surface area contributed by atoms with Crippen molar-refractivity contribution in [3.8, 4) is 11.4 Å². The number of benzene rings is 1. The molecule has 0 aliphatic carbocycles. The molecule has 1 aromatic heterocycles. The van der Waals surface area contributed by atoms with E-state index in [1.165, 1.54) is 0 Å². The van der Waals surface area contributed by atoms with Gasteiger partial charge in [-0.25, -0.2) is 4.98 Å². The molecule has 0 atom stereocenters. The Hall–Kier alpha value is -1.49. The molecule has 0 bridgehead atoms. The van der Waals surface area contributed by atoms with Gasteiger partial charge in [0, 0.05) is 17.0 Å². The summed E-state index contributed by atoms with van der Waals surface area (Å²) in [5.74, 6) is 2.96. The third kappa shape index (κ3) is 3.23. The first-order valence-corrected chi connectivity index (χ1v) is 6.78. The van der Waals surface area contributed by atoms with Crippen LogP contribution in [0.25, 0.3) is 11.4 Å². The van der Waals surface area contributed by atoms with Crippen LogP contribution in [0.3, 0.4) is 0 Å². The Kier molecular flexibility index (Phi) is 4.03. The Bertz CT molecular complexity index is 464. The number of hydrogen-bond acceptors (Lipinski definition) is 4. The Morgan fingerprint density at radius 3 is 2.76 bits per heavy atom. The molecule has 1 aromatic carbocycles. The number of aromatic nitrogens is 3. The van der Waals surface area contributed by atoms with Crippen LogP contribution in [0.5, 0.6) is 0 Å². The maximum atomic E-state index is 5.64. The van der Waals surface area contributed by atoms with Gasteiger partial charge < -0.3 is 5.73 Å². The van der Waals surface area contributed by atoms with Crippen LogP contribution in [-0.4, -0.2) is 26.3 Å². The number of rotatable bonds is 5. The molecule has 2 aromatic rings. The molecule has 0 unspecified atom stereocenters.